The van der Waals surface area contributed by atoms with Crippen LogP contribution in [0.2, 0.25) is 0 Å². The van der Waals surface area contributed by atoms with Crippen molar-refractivity contribution in [1.82, 2.24) is 4.90 Å². The normalized spacial score (nSPS) is 20.6. The number of halogens is 3. The third kappa shape index (κ3) is 3.75. The van der Waals surface area contributed by atoms with Crippen molar-refractivity contribution in [3.63, 3.8) is 0 Å². The molecule has 1 heterocycles. The number of carbonyl (C=O) groups excluding carboxylic acids is 1. The lowest BCUT2D eigenvalue weighted by Gasteiger charge is -2.26. The molecule has 0 aromatic heterocycles. The molecule has 2 atom stereocenters. The van der Waals surface area contributed by atoms with Gasteiger partial charge in [0.15, 0.2) is 0 Å². The van der Waals surface area contributed by atoms with Gasteiger partial charge in [0.1, 0.15) is 0 Å². The second-order valence-corrected chi connectivity index (χ2v) is 5.45. The lowest BCUT2D eigenvalue weighted by atomic mass is 10.1. The van der Waals surface area contributed by atoms with Crippen molar-refractivity contribution in [1.29, 1.82) is 0 Å². The number of carbonyl (C=O) groups is 1. The first-order chi connectivity index (χ1) is 9.79. The van der Waals surface area contributed by atoms with Crippen LogP contribution in [0.5, 0.6) is 0 Å². The summed E-state index contributed by atoms with van der Waals surface area (Å²) in [4.78, 5) is 14.0. The van der Waals surface area contributed by atoms with E-state index in [0.717, 1.165) is 25.0 Å². The molecule has 6 heteroatoms. The van der Waals surface area contributed by atoms with Gasteiger partial charge in [0.25, 0.3) is 5.91 Å². The van der Waals surface area contributed by atoms with Gasteiger partial charge in [-0.25, -0.2) is 0 Å². The molecule has 116 valence electrons. The molecule has 1 aromatic carbocycles. The maximum atomic E-state index is 12.5. The Morgan fingerprint density at radius 2 is 2.00 bits per heavy atom. The van der Waals surface area contributed by atoms with Gasteiger partial charge in [0.2, 0.25) is 0 Å². The first-order valence-electron chi connectivity index (χ1n) is 6.95. The smallest absolute Gasteiger partial charge is 0.393 e. The molecule has 0 bridgehead atoms. The molecule has 0 saturated carbocycles. The molecular weight excluding hydrogens is 283 g/mol. The van der Waals surface area contributed by atoms with Crippen molar-refractivity contribution in [2.24, 2.45) is 0 Å². The van der Waals surface area contributed by atoms with E-state index in [1.54, 1.807) is 11.8 Å². The highest BCUT2D eigenvalue weighted by Crippen LogP contribution is 2.30. The van der Waals surface area contributed by atoms with E-state index in [9.17, 15) is 23.1 Å². The van der Waals surface area contributed by atoms with Gasteiger partial charge in [-0.3, -0.25) is 4.79 Å². The van der Waals surface area contributed by atoms with Gasteiger partial charge in [-0.2, -0.15) is 13.2 Å². The molecule has 0 aliphatic carbocycles. The number of hydrogen-bond donors (Lipinski definition) is 1. The van der Waals surface area contributed by atoms with Gasteiger partial charge in [-0.05, 0) is 50.5 Å². The highest BCUT2D eigenvalue weighted by molar-refractivity contribution is 5.94. The van der Waals surface area contributed by atoms with Gasteiger partial charge in [0, 0.05) is 18.2 Å². The fourth-order valence-electron chi connectivity index (χ4n) is 2.71. The van der Waals surface area contributed by atoms with Crippen LogP contribution in [0.4, 0.5) is 13.2 Å². The van der Waals surface area contributed by atoms with Crippen molar-refractivity contribution in [2.75, 3.05) is 6.54 Å². The zero-order chi connectivity index (χ0) is 15.6. The molecule has 2 rings (SSSR count). The summed E-state index contributed by atoms with van der Waals surface area (Å²) in [5, 5.41) is 9.45. The van der Waals surface area contributed by atoms with E-state index in [-0.39, 0.29) is 17.5 Å². The largest absolute Gasteiger partial charge is 0.416 e. The van der Waals surface area contributed by atoms with Crippen LogP contribution in [0.3, 0.4) is 0 Å². The summed E-state index contributed by atoms with van der Waals surface area (Å²) in [5.74, 6) is -0.271. The van der Waals surface area contributed by atoms with Gasteiger partial charge >= 0.3 is 6.18 Å². The summed E-state index contributed by atoms with van der Waals surface area (Å²) in [6.45, 7) is 2.25. The van der Waals surface area contributed by atoms with E-state index < -0.39 is 17.8 Å². The minimum absolute atomic E-state index is 0.0419. The van der Waals surface area contributed by atoms with E-state index in [2.05, 4.69) is 0 Å². The lowest BCUT2D eigenvalue weighted by molar-refractivity contribution is -0.137. The summed E-state index contributed by atoms with van der Waals surface area (Å²) in [7, 11) is 0. The van der Waals surface area contributed by atoms with Gasteiger partial charge in [-0.1, -0.05) is 0 Å². The topological polar surface area (TPSA) is 40.5 Å². The molecule has 0 spiro atoms. The van der Waals surface area contributed by atoms with Gasteiger partial charge in [-0.15, -0.1) is 0 Å². The number of aliphatic hydroxyl groups excluding tert-OH is 1. The summed E-state index contributed by atoms with van der Waals surface area (Å²) >= 11 is 0. The number of amides is 1. The molecule has 1 N–H and O–H groups in total. The Bertz CT molecular complexity index is 497. The third-order valence-corrected chi connectivity index (χ3v) is 3.71. The van der Waals surface area contributed by atoms with Crippen LogP contribution < -0.4 is 0 Å². The van der Waals surface area contributed by atoms with E-state index in [0.29, 0.717) is 13.0 Å². The Morgan fingerprint density at radius 3 is 2.52 bits per heavy atom. The van der Waals surface area contributed by atoms with Crippen LogP contribution >= 0.6 is 0 Å². The number of alkyl halides is 3. The fraction of sp³-hybridized carbons (Fsp3) is 0.533. The van der Waals surface area contributed by atoms with E-state index in [1.807, 2.05) is 0 Å². The van der Waals surface area contributed by atoms with Crippen molar-refractivity contribution in [3.8, 4) is 0 Å². The lowest BCUT2D eigenvalue weighted by Crippen LogP contribution is -2.37. The zero-order valence-corrected chi connectivity index (χ0v) is 11.7. The van der Waals surface area contributed by atoms with Crippen molar-refractivity contribution >= 4 is 5.91 Å². The van der Waals surface area contributed by atoms with Crippen LogP contribution in [-0.4, -0.2) is 34.6 Å². The first kappa shape index (κ1) is 15.8. The Morgan fingerprint density at radius 1 is 1.38 bits per heavy atom. The number of likely N-dealkylation sites (tertiary alicyclic amines) is 1. The number of benzene rings is 1. The molecule has 1 amide bonds. The van der Waals surface area contributed by atoms with Crippen molar-refractivity contribution in [3.05, 3.63) is 35.4 Å². The Balaban J connectivity index is 2.12. The first-order valence-corrected chi connectivity index (χ1v) is 6.95. The summed E-state index contributed by atoms with van der Waals surface area (Å²) in [6, 6.07) is 4.23. The van der Waals surface area contributed by atoms with E-state index in [4.69, 9.17) is 0 Å². The number of hydrogen-bond acceptors (Lipinski definition) is 2. The maximum Gasteiger partial charge on any atom is 0.416 e. The van der Waals surface area contributed by atoms with Gasteiger partial charge < -0.3 is 10.0 Å². The van der Waals surface area contributed by atoms with Crippen LogP contribution in [-0.2, 0) is 6.18 Å². The summed E-state index contributed by atoms with van der Waals surface area (Å²) in [5.41, 5.74) is -0.513. The average Bonchev–Trinajstić information content (AvgIpc) is 2.84. The average molecular weight is 301 g/mol. The van der Waals surface area contributed by atoms with E-state index >= 15 is 0 Å². The van der Waals surface area contributed by atoms with E-state index in [1.165, 1.54) is 12.1 Å². The fourth-order valence-corrected chi connectivity index (χ4v) is 2.71. The van der Waals surface area contributed by atoms with Gasteiger partial charge in [0.05, 0.1) is 11.7 Å². The molecule has 1 aromatic rings. The number of rotatable bonds is 3. The standard InChI is InChI=1S/C15H18F3NO2/c1-10(20)9-13-3-2-8-19(13)14(21)11-4-6-12(7-5-11)15(16,17)18/h4-7,10,13,20H,2-3,8-9H2,1H3. The maximum absolute atomic E-state index is 12.5. The second kappa shape index (κ2) is 6.05. The molecule has 1 aliphatic heterocycles. The molecule has 3 nitrogen and oxygen atoms in total. The van der Waals surface area contributed by atoms with Crippen molar-refractivity contribution in [2.45, 2.75) is 44.5 Å². The highest BCUT2D eigenvalue weighted by atomic mass is 19.4. The highest BCUT2D eigenvalue weighted by Gasteiger charge is 2.32. The minimum Gasteiger partial charge on any atom is -0.393 e. The SMILES string of the molecule is CC(O)CC1CCCN1C(=O)c1ccc(C(F)(F)F)cc1. The summed E-state index contributed by atoms with van der Waals surface area (Å²) in [6.07, 6.45) is -2.74. The molecule has 2 unspecified atom stereocenters. The Hall–Kier alpha value is -1.56. The number of aliphatic hydroxyl groups is 1. The molecule has 1 aliphatic rings. The van der Waals surface area contributed by atoms with Crippen molar-refractivity contribution < 1.29 is 23.1 Å². The molecule has 0 radical (unpaired) electrons. The zero-order valence-electron chi connectivity index (χ0n) is 11.7. The second-order valence-electron chi connectivity index (χ2n) is 5.45. The molecule has 21 heavy (non-hydrogen) atoms. The predicted molar refractivity (Wildman–Crippen MR) is 71.8 cm³/mol. The molecular formula is C15H18F3NO2. The summed E-state index contributed by atoms with van der Waals surface area (Å²) < 4.78 is 37.5. The van der Waals surface area contributed by atoms with Crippen LogP contribution in [0.1, 0.15) is 42.1 Å². The van der Waals surface area contributed by atoms with Crippen LogP contribution in [0.15, 0.2) is 24.3 Å². The third-order valence-electron chi connectivity index (χ3n) is 3.71. The Labute approximate surface area is 121 Å². The minimum atomic E-state index is -4.40. The molecule has 1 fully saturated rings. The Kier molecular flexibility index (Phi) is 4.56. The quantitative estimate of drug-likeness (QED) is 0.932. The van der Waals surface area contributed by atoms with Crippen LogP contribution in [0.25, 0.3) is 0 Å². The predicted octanol–water partition coefficient (Wildman–Crippen LogP) is 3.08. The monoisotopic (exact) mass is 301 g/mol. The number of nitrogens with zero attached hydrogens (tertiary/aromatic N) is 1. The van der Waals surface area contributed by atoms with Crippen LogP contribution in [0, 0.1) is 0 Å². The molecule has 1 saturated heterocycles.